The van der Waals surface area contributed by atoms with E-state index in [1.807, 2.05) is 79.0 Å². The first-order chi connectivity index (χ1) is 14.1. The van der Waals surface area contributed by atoms with Gasteiger partial charge >= 0.3 is 5.97 Å². The third kappa shape index (κ3) is 6.47. The molecule has 1 atom stereocenters. The Labute approximate surface area is 174 Å². The minimum Gasteiger partial charge on any atom is -0.482 e. The first-order valence-corrected chi connectivity index (χ1v) is 10.2. The molecule has 0 aliphatic carbocycles. The van der Waals surface area contributed by atoms with Gasteiger partial charge in [-0.15, -0.1) is 11.3 Å². The molecule has 0 unspecified atom stereocenters. The summed E-state index contributed by atoms with van der Waals surface area (Å²) in [5.41, 5.74) is 2.14. The maximum absolute atomic E-state index is 12.0. The van der Waals surface area contributed by atoms with Crippen LogP contribution in [0.1, 0.15) is 29.0 Å². The second kappa shape index (κ2) is 10.4. The Balaban J connectivity index is 1.45. The van der Waals surface area contributed by atoms with E-state index in [4.69, 9.17) is 9.47 Å². The van der Waals surface area contributed by atoms with Crippen LogP contribution in [0.5, 0.6) is 5.75 Å². The van der Waals surface area contributed by atoms with E-state index in [2.05, 4.69) is 5.32 Å². The zero-order chi connectivity index (χ0) is 20.5. The van der Waals surface area contributed by atoms with Crippen molar-refractivity contribution in [2.24, 2.45) is 0 Å². The second-order valence-electron chi connectivity index (χ2n) is 6.52. The molecule has 1 N–H and O–H groups in total. The van der Waals surface area contributed by atoms with Gasteiger partial charge in [-0.05, 0) is 35.6 Å². The van der Waals surface area contributed by atoms with Gasteiger partial charge in [0.25, 0.3) is 5.91 Å². The van der Waals surface area contributed by atoms with Crippen LogP contribution in [-0.4, -0.2) is 25.1 Å². The van der Waals surface area contributed by atoms with Crippen LogP contribution in [0, 0.1) is 0 Å². The molecule has 0 radical (unpaired) electrons. The van der Waals surface area contributed by atoms with Crippen LogP contribution in [0.4, 0.5) is 0 Å². The summed E-state index contributed by atoms with van der Waals surface area (Å²) in [6.07, 6.45) is 0.703. The molecule has 0 fully saturated rings. The maximum atomic E-state index is 12.0. The minimum atomic E-state index is -0.585. The molecule has 3 aromatic rings. The molecule has 3 rings (SSSR count). The summed E-state index contributed by atoms with van der Waals surface area (Å²) < 4.78 is 10.7. The third-order valence-corrected chi connectivity index (χ3v) is 5.32. The lowest BCUT2D eigenvalue weighted by Crippen LogP contribution is -2.31. The Morgan fingerprint density at radius 3 is 2.48 bits per heavy atom. The number of hydrogen-bond donors (Lipinski definition) is 1. The normalized spacial score (nSPS) is 11.5. The number of rotatable bonds is 9. The van der Waals surface area contributed by atoms with Crippen LogP contribution in [-0.2, 0) is 20.7 Å². The molecule has 1 heterocycles. The van der Waals surface area contributed by atoms with Gasteiger partial charge in [0.15, 0.2) is 13.2 Å². The quantitative estimate of drug-likeness (QED) is 0.540. The van der Waals surface area contributed by atoms with Crippen molar-refractivity contribution >= 4 is 23.2 Å². The van der Waals surface area contributed by atoms with E-state index in [0.717, 1.165) is 16.0 Å². The average molecular weight is 410 g/mol. The second-order valence-corrected chi connectivity index (χ2v) is 7.50. The third-order valence-electron chi connectivity index (χ3n) is 4.27. The van der Waals surface area contributed by atoms with Gasteiger partial charge < -0.3 is 14.8 Å². The SMILES string of the molecule is C[C@@H](NC(=O)COC(=O)COc1ccccc1Cc1ccccc1)c1cccs1. The first kappa shape index (κ1) is 20.6. The molecule has 0 saturated heterocycles. The number of thiophene rings is 1. The smallest absolute Gasteiger partial charge is 0.344 e. The number of carbonyl (C=O) groups is 2. The summed E-state index contributed by atoms with van der Waals surface area (Å²) >= 11 is 1.56. The van der Waals surface area contributed by atoms with E-state index in [1.54, 1.807) is 11.3 Å². The average Bonchev–Trinajstić information content (AvgIpc) is 3.27. The zero-order valence-electron chi connectivity index (χ0n) is 16.2. The van der Waals surface area contributed by atoms with Gasteiger partial charge in [0, 0.05) is 11.3 Å². The van der Waals surface area contributed by atoms with E-state index in [1.165, 1.54) is 0 Å². The highest BCUT2D eigenvalue weighted by Crippen LogP contribution is 2.21. The lowest BCUT2D eigenvalue weighted by Gasteiger charge is -2.13. The predicted molar refractivity (Wildman–Crippen MR) is 113 cm³/mol. The molecular formula is C23H23NO4S. The number of hydrogen-bond acceptors (Lipinski definition) is 5. The van der Waals surface area contributed by atoms with E-state index < -0.39 is 5.97 Å². The Morgan fingerprint density at radius 2 is 1.72 bits per heavy atom. The van der Waals surface area contributed by atoms with Gasteiger partial charge in [-0.1, -0.05) is 54.6 Å². The molecule has 150 valence electrons. The fraction of sp³-hybridized carbons (Fsp3) is 0.217. The molecule has 29 heavy (non-hydrogen) atoms. The van der Waals surface area contributed by atoms with Crippen molar-refractivity contribution in [3.8, 4) is 5.75 Å². The first-order valence-electron chi connectivity index (χ1n) is 9.35. The molecule has 0 aliphatic rings. The van der Waals surface area contributed by atoms with E-state index in [9.17, 15) is 9.59 Å². The highest BCUT2D eigenvalue weighted by atomic mass is 32.1. The monoisotopic (exact) mass is 409 g/mol. The Bertz CT molecular complexity index is 925. The van der Waals surface area contributed by atoms with E-state index in [0.29, 0.717) is 12.2 Å². The highest BCUT2D eigenvalue weighted by Gasteiger charge is 2.13. The molecule has 1 amide bonds. The topological polar surface area (TPSA) is 64.6 Å². The lowest BCUT2D eigenvalue weighted by molar-refractivity contribution is -0.150. The van der Waals surface area contributed by atoms with Crippen molar-refractivity contribution in [2.75, 3.05) is 13.2 Å². The van der Waals surface area contributed by atoms with Gasteiger partial charge in [0.05, 0.1) is 6.04 Å². The minimum absolute atomic E-state index is 0.123. The van der Waals surface area contributed by atoms with Crippen molar-refractivity contribution in [2.45, 2.75) is 19.4 Å². The summed E-state index contributed by atoms with van der Waals surface area (Å²) in [4.78, 5) is 25.0. The standard InChI is InChI=1S/C23H23NO4S/c1-17(21-12-7-13-29-21)24-22(25)15-28-23(26)16-27-20-11-6-5-10-19(20)14-18-8-3-2-4-9-18/h2-13,17H,14-16H2,1H3,(H,24,25)/t17-/m1/s1. The van der Waals surface area contributed by atoms with Crippen molar-refractivity contribution in [3.63, 3.8) is 0 Å². The fourth-order valence-corrected chi connectivity index (χ4v) is 3.56. The van der Waals surface area contributed by atoms with Crippen molar-refractivity contribution in [1.29, 1.82) is 0 Å². The van der Waals surface area contributed by atoms with Crippen molar-refractivity contribution < 1.29 is 19.1 Å². The predicted octanol–water partition coefficient (Wildman–Crippen LogP) is 4.14. The summed E-state index contributed by atoms with van der Waals surface area (Å²) in [7, 11) is 0. The Morgan fingerprint density at radius 1 is 0.966 bits per heavy atom. The van der Waals surface area contributed by atoms with Crippen LogP contribution in [0.2, 0.25) is 0 Å². The fourth-order valence-electron chi connectivity index (χ4n) is 2.82. The summed E-state index contributed by atoms with van der Waals surface area (Å²) in [5, 5.41) is 4.75. The Hall–Kier alpha value is -3.12. The molecule has 0 saturated carbocycles. The maximum Gasteiger partial charge on any atom is 0.344 e. The van der Waals surface area contributed by atoms with Crippen LogP contribution < -0.4 is 10.1 Å². The molecule has 0 spiro atoms. The molecular weight excluding hydrogens is 386 g/mol. The molecule has 1 aromatic heterocycles. The van der Waals surface area contributed by atoms with Gasteiger partial charge in [0.2, 0.25) is 0 Å². The number of benzene rings is 2. The largest absolute Gasteiger partial charge is 0.482 e. The number of nitrogens with one attached hydrogen (secondary N) is 1. The molecule has 6 heteroatoms. The van der Waals surface area contributed by atoms with E-state index in [-0.39, 0.29) is 25.2 Å². The van der Waals surface area contributed by atoms with Gasteiger partial charge in [-0.2, -0.15) is 0 Å². The molecule has 5 nitrogen and oxygen atoms in total. The number of para-hydroxylation sites is 1. The van der Waals surface area contributed by atoms with Crippen LogP contribution in [0.3, 0.4) is 0 Å². The summed E-state index contributed by atoms with van der Waals surface area (Å²) in [6, 6.07) is 21.4. The molecule has 2 aromatic carbocycles. The van der Waals surface area contributed by atoms with Crippen molar-refractivity contribution in [1.82, 2.24) is 5.32 Å². The molecule has 0 bridgehead atoms. The van der Waals surface area contributed by atoms with Gasteiger partial charge in [-0.25, -0.2) is 4.79 Å². The number of carbonyl (C=O) groups excluding carboxylic acids is 2. The van der Waals surface area contributed by atoms with Gasteiger partial charge in [0.1, 0.15) is 5.75 Å². The lowest BCUT2D eigenvalue weighted by atomic mass is 10.0. The van der Waals surface area contributed by atoms with Crippen LogP contribution >= 0.6 is 11.3 Å². The van der Waals surface area contributed by atoms with Crippen LogP contribution in [0.25, 0.3) is 0 Å². The summed E-state index contributed by atoms with van der Waals surface area (Å²) in [5.74, 6) is -0.300. The zero-order valence-corrected chi connectivity index (χ0v) is 17.0. The molecule has 0 aliphatic heterocycles. The number of esters is 1. The summed E-state index contributed by atoms with van der Waals surface area (Å²) in [6.45, 7) is 1.31. The Kier molecular flexibility index (Phi) is 7.41. The van der Waals surface area contributed by atoms with Crippen LogP contribution in [0.15, 0.2) is 72.1 Å². The number of amides is 1. The van der Waals surface area contributed by atoms with E-state index >= 15 is 0 Å². The van der Waals surface area contributed by atoms with Gasteiger partial charge in [-0.3, -0.25) is 4.79 Å². The highest BCUT2D eigenvalue weighted by molar-refractivity contribution is 7.10. The van der Waals surface area contributed by atoms with Crippen molar-refractivity contribution in [3.05, 3.63) is 88.1 Å². The number of ether oxygens (including phenoxy) is 2.